The van der Waals surface area contributed by atoms with Crippen molar-refractivity contribution in [3.05, 3.63) is 95.6 Å². The summed E-state index contributed by atoms with van der Waals surface area (Å²) in [6, 6.07) is 22.6. The van der Waals surface area contributed by atoms with Crippen molar-refractivity contribution in [1.29, 1.82) is 0 Å². The van der Waals surface area contributed by atoms with Crippen molar-refractivity contribution < 1.29 is 14.3 Å². The molecule has 0 saturated heterocycles. The minimum atomic E-state index is -0.260. The van der Waals surface area contributed by atoms with E-state index in [1.165, 1.54) is 16.9 Å². The molecule has 0 aliphatic heterocycles. The molecule has 4 aromatic rings. The van der Waals surface area contributed by atoms with E-state index in [9.17, 15) is 4.79 Å². The molecule has 0 saturated carbocycles. The maximum absolute atomic E-state index is 12.2. The second-order valence-corrected chi connectivity index (χ2v) is 7.49. The minimum absolute atomic E-state index is 0.103. The van der Waals surface area contributed by atoms with Gasteiger partial charge in [-0.1, -0.05) is 36.4 Å². The second kappa shape index (κ2) is 9.67. The van der Waals surface area contributed by atoms with Gasteiger partial charge in [0.05, 0.1) is 0 Å². The first kappa shape index (κ1) is 19.6. The summed E-state index contributed by atoms with van der Waals surface area (Å²) in [6.07, 6.45) is 4.24. The van der Waals surface area contributed by atoms with E-state index in [1.807, 2.05) is 30.3 Å². The number of ether oxygens (including phenoxy) is 2. The van der Waals surface area contributed by atoms with Crippen LogP contribution >= 0.6 is 11.3 Å². The number of thiazole rings is 1. The zero-order valence-corrected chi connectivity index (χ0v) is 16.8. The fourth-order valence-electron chi connectivity index (χ4n) is 2.68. The van der Waals surface area contributed by atoms with Crippen LogP contribution in [-0.4, -0.2) is 22.5 Å². The molecule has 0 spiro atoms. The number of carbonyl (C=O) groups excluding carboxylic acids is 1. The number of carbonyl (C=O) groups is 1. The molecule has 7 heteroatoms. The summed E-state index contributed by atoms with van der Waals surface area (Å²) in [6.45, 7) is -0.103. The molecule has 0 bridgehead atoms. The Labute approximate surface area is 178 Å². The van der Waals surface area contributed by atoms with Gasteiger partial charge in [-0.3, -0.25) is 10.1 Å². The van der Waals surface area contributed by atoms with Crippen LogP contribution in [0, 0.1) is 0 Å². The van der Waals surface area contributed by atoms with Gasteiger partial charge in [0.15, 0.2) is 11.7 Å². The van der Waals surface area contributed by atoms with Gasteiger partial charge in [-0.05, 0) is 35.9 Å². The molecule has 2 aromatic carbocycles. The van der Waals surface area contributed by atoms with E-state index < -0.39 is 0 Å². The zero-order valence-electron chi connectivity index (χ0n) is 16.0. The van der Waals surface area contributed by atoms with Gasteiger partial charge in [0.2, 0.25) is 5.88 Å². The number of pyridine rings is 1. The van der Waals surface area contributed by atoms with Gasteiger partial charge >= 0.3 is 0 Å². The summed E-state index contributed by atoms with van der Waals surface area (Å²) in [7, 11) is 0. The Balaban J connectivity index is 1.25. The van der Waals surface area contributed by atoms with Crippen molar-refractivity contribution >= 4 is 22.4 Å². The van der Waals surface area contributed by atoms with E-state index in [2.05, 4.69) is 27.4 Å². The van der Waals surface area contributed by atoms with Gasteiger partial charge in [0, 0.05) is 29.8 Å². The highest BCUT2D eigenvalue weighted by atomic mass is 32.1. The standard InChI is InChI=1S/C23H19N3O3S/c27-21(26-23-25-15-20(30-23)14-17-6-2-1-3-7-17)16-28-18-9-11-19(12-10-18)29-22-8-4-5-13-24-22/h1-13,15H,14,16H2,(H,25,26,27). The van der Waals surface area contributed by atoms with E-state index in [4.69, 9.17) is 9.47 Å². The van der Waals surface area contributed by atoms with Crippen LogP contribution in [0.2, 0.25) is 0 Å². The predicted octanol–water partition coefficient (Wildman–Crippen LogP) is 4.94. The molecule has 0 atom stereocenters. The molecular formula is C23H19N3O3S. The Morgan fingerprint density at radius 2 is 1.67 bits per heavy atom. The van der Waals surface area contributed by atoms with Crippen LogP contribution in [0.3, 0.4) is 0 Å². The Hall–Kier alpha value is -3.71. The van der Waals surface area contributed by atoms with Gasteiger partial charge in [0.25, 0.3) is 5.91 Å². The number of anilines is 1. The number of aromatic nitrogens is 2. The summed E-state index contributed by atoms with van der Waals surface area (Å²) in [4.78, 5) is 21.6. The summed E-state index contributed by atoms with van der Waals surface area (Å²) >= 11 is 1.46. The second-order valence-electron chi connectivity index (χ2n) is 6.37. The minimum Gasteiger partial charge on any atom is -0.484 e. The fourth-order valence-corrected chi connectivity index (χ4v) is 3.54. The van der Waals surface area contributed by atoms with Crippen molar-refractivity contribution in [2.24, 2.45) is 0 Å². The van der Waals surface area contributed by atoms with Gasteiger partial charge in [0.1, 0.15) is 11.5 Å². The molecule has 0 fully saturated rings. The van der Waals surface area contributed by atoms with Crippen molar-refractivity contribution in [3.8, 4) is 17.4 Å². The average molecular weight is 417 g/mol. The first-order chi connectivity index (χ1) is 14.7. The third kappa shape index (κ3) is 5.65. The van der Waals surface area contributed by atoms with Gasteiger partial charge in [-0.15, -0.1) is 11.3 Å². The van der Waals surface area contributed by atoms with E-state index >= 15 is 0 Å². The number of benzene rings is 2. The van der Waals surface area contributed by atoms with Crippen molar-refractivity contribution in [2.45, 2.75) is 6.42 Å². The van der Waals surface area contributed by atoms with E-state index in [-0.39, 0.29) is 12.5 Å². The summed E-state index contributed by atoms with van der Waals surface area (Å²) < 4.78 is 11.2. The lowest BCUT2D eigenvalue weighted by Crippen LogP contribution is -2.19. The first-order valence-corrected chi connectivity index (χ1v) is 10.2. The van der Waals surface area contributed by atoms with Crippen LogP contribution in [0.1, 0.15) is 10.4 Å². The third-order valence-corrected chi connectivity index (χ3v) is 4.99. The molecule has 2 heterocycles. The Morgan fingerprint density at radius 3 is 2.43 bits per heavy atom. The van der Waals surface area contributed by atoms with E-state index in [0.29, 0.717) is 22.5 Å². The lowest BCUT2D eigenvalue weighted by molar-refractivity contribution is -0.118. The van der Waals surface area contributed by atoms with Crippen molar-refractivity contribution in [2.75, 3.05) is 11.9 Å². The van der Waals surface area contributed by atoms with Crippen LogP contribution in [0.15, 0.2) is 85.2 Å². The molecule has 30 heavy (non-hydrogen) atoms. The molecule has 1 N–H and O–H groups in total. The highest BCUT2D eigenvalue weighted by Crippen LogP contribution is 2.23. The largest absolute Gasteiger partial charge is 0.484 e. The third-order valence-electron chi connectivity index (χ3n) is 4.07. The molecule has 150 valence electrons. The van der Waals surface area contributed by atoms with Gasteiger partial charge in [-0.2, -0.15) is 0 Å². The van der Waals surface area contributed by atoms with Crippen LogP contribution in [0.5, 0.6) is 17.4 Å². The maximum Gasteiger partial charge on any atom is 0.264 e. The average Bonchev–Trinajstić information content (AvgIpc) is 3.21. The lowest BCUT2D eigenvalue weighted by atomic mass is 10.1. The lowest BCUT2D eigenvalue weighted by Gasteiger charge is -2.07. The molecule has 1 amide bonds. The highest BCUT2D eigenvalue weighted by Gasteiger charge is 2.08. The molecule has 6 nitrogen and oxygen atoms in total. The Kier molecular flexibility index (Phi) is 6.31. The maximum atomic E-state index is 12.2. The molecule has 0 aliphatic carbocycles. The fraction of sp³-hybridized carbons (Fsp3) is 0.0870. The first-order valence-electron chi connectivity index (χ1n) is 9.35. The van der Waals surface area contributed by atoms with E-state index in [0.717, 1.165) is 11.3 Å². The molecule has 0 radical (unpaired) electrons. The van der Waals surface area contributed by atoms with Crippen molar-refractivity contribution in [3.63, 3.8) is 0 Å². The summed E-state index contributed by atoms with van der Waals surface area (Å²) in [5.74, 6) is 1.46. The van der Waals surface area contributed by atoms with Crippen LogP contribution in [-0.2, 0) is 11.2 Å². The van der Waals surface area contributed by atoms with Crippen LogP contribution in [0.25, 0.3) is 0 Å². The molecule has 0 unspecified atom stereocenters. The number of hydrogen-bond donors (Lipinski definition) is 1. The number of nitrogens with one attached hydrogen (secondary N) is 1. The SMILES string of the molecule is O=C(COc1ccc(Oc2ccccn2)cc1)Nc1ncc(Cc2ccccc2)s1. The number of hydrogen-bond acceptors (Lipinski definition) is 6. The summed E-state index contributed by atoms with van der Waals surface area (Å²) in [5.41, 5.74) is 1.21. The van der Waals surface area contributed by atoms with Crippen molar-refractivity contribution in [1.82, 2.24) is 9.97 Å². The predicted molar refractivity (Wildman–Crippen MR) is 116 cm³/mol. The van der Waals surface area contributed by atoms with Gasteiger partial charge < -0.3 is 9.47 Å². The van der Waals surface area contributed by atoms with Crippen LogP contribution < -0.4 is 14.8 Å². The number of amides is 1. The van der Waals surface area contributed by atoms with Gasteiger partial charge in [-0.25, -0.2) is 9.97 Å². The molecular weight excluding hydrogens is 398 g/mol. The van der Waals surface area contributed by atoms with Crippen LogP contribution in [0.4, 0.5) is 5.13 Å². The Bertz CT molecular complexity index is 1080. The normalized spacial score (nSPS) is 10.4. The Morgan fingerprint density at radius 1 is 0.900 bits per heavy atom. The highest BCUT2D eigenvalue weighted by molar-refractivity contribution is 7.15. The molecule has 4 rings (SSSR count). The quantitative estimate of drug-likeness (QED) is 0.440. The number of nitrogens with zero attached hydrogens (tertiary/aromatic N) is 2. The monoisotopic (exact) mass is 417 g/mol. The molecule has 2 aromatic heterocycles. The number of rotatable bonds is 8. The smallest absolute Gasteiger partial charge is 0.264 e. The zero-order chi connectivity index (χ0) is 20.6. The molecule has 0 aliphatic rings. The van der Waals surface area contributed by atoms with E-state index in [1.54, 1.807) is 42.7 Å². The topological polar surface area (TPSA) is 73.3 Å². The summed E-state index contributed by atoms with van der Waals surface area (Å²) in [5, 5.41) is 3.34.